The summed E-state index contributed by atoms with van der Waals surface area (Å²) in [6, 6.07) is 9.22. The van der Waals surface area contributed by atoms with E-state index in [4.69, 9.17) is 31.2 Å². The molecule has 0 bridgehead atoms. The summed E-state index contributed by atoms with van der Waals surface area (Å²) in [5, 5.41) is 8.77. The third-order valence-electron chi connectivity index (χ3n) is 4.33. The third kappa shape index (κ3) is 5.71. The SMILES string of the molecule is COc1ccc(C=C2SC(=S)N(CCCC(=O)O)C2=O)cc1COCc1ccco1. The summed E-state index contributed by atoms with van der Waals surface area (Å²) in [6.07, 6.45) is 3.72. The molecular formula is C21H21NO6S2. The highest BCUT2D eigenvalue weighted by Crippen LogP contribution is 2.33. The van der Waals surface area contributed by atoms with Gasteiger partial charge in [-0.25, -0.2) is 0 Å². The summed E-state index contributed by atoms with van der Waals surface area (Å²) < 4.78 is 16.8. The standard InChI is InChI=1S/C21H21NO6S2/c1-26-17-7-6-14(10-15(17)12-27-13-16-4-3-9-28-16)11-18-20(25)22(21(29)30-18)8-2-5-19(23)24/h3-4,6-7,9-11H,2,5,8,12-13H2,1H3,(H,23,24). The maximum absolute atomic E-state index is 12.6. The molecule has 0 saturated carbocycles. The van der Waals surface area contributed by atoms with E-state index in [9.17, 15) is 9.59 Å². The van der Waals surface area contributed by atoms with E-state index in [1.165, 1.54) is 16.7 Å². The zero-order valence-corrected chi connectivity index (χ0v) is 18.0. The molecule has 9 heteroatoms. The molecule has 0 spiro atoms. The van der Waals surface area contributed by atoms with E-state index in [0.29, 0.717) is 41.2 Å². The van der Waals surface area contributed by atoms with Gasteiger partial charge in [-0.3, -0.25) is 14.5 Å². The Morgan fingerprint density at radius 3 is 2.87 bits per heavy atom. The first-order chi connectivity index (χ1) is 14.5. The monoisotopic (exact) mass is 447 g/mol. The number of aliphatic carboxylic acids is 1. The van der Waals surface area contributed by atoms with Gasteiger partial charge in [0.05, 0.1) is 24.9 Å². The third-order valence-corrected chi connectivity index (χ3v) is 5.71. The van der Waals surface area contributed by atoms with Crippen LogP contribution in [0.4, 0.5) is 0 Å². The number of thiocarbonyl (C=S) groups is 1. The maximum atomic E-state index is 12.6. The lowest BCUT2D eigenvalue weighted by atomic mass is 10.1. The largest absolute Gasteiger partial charge is 0.496 e. The van der Waals surface area contributed by atoms with Gasteiger partial charge >= 0.3 is 5.97 Å². The number of rotatable bonds is 10. The number of benzene rings is 1. The van der Waals surface area contributed by atoms with Crippen LogP contribution in [0.1, 0.15) is 29.7 Å². The Kier molecular flexibility index (Phi) is 7.67. The molecule has 1 amide bonds. The summed E-state index contributed by atoms with van der Waals surface area (Å²) in [7, 11) is 1.59. The Morgan fingerprint density at radius 2 is 2.17 bits per heavy atom. The van der Waals surface area contributed by atoms with E-state index in [1.54, 1.807) is 25.5 Å². The number of hydrogen-bond acceptors (Lipinski definition) is 7. The molecule has 30 heavy (non-hydrogen) atoms. The molecule has 0 atom stereocenters. The van der Waals surface area contributed by atoms with Gasteiger partial charge in [0, 0.05) is 18.5 Å². The van der Waals surface area contributed by atoms with Crippen molar-refractivity contribution >= 4 is 46.3 Å². The van der Waals surface area contributed by atoms with E-state index in [2.05, 4.69) is 0 Å². The number of ether oxygens (including phenoxy) is 2. The van der Waals surface area contributed by atoms with Gasteiger partial charge in [0.25, 0.3) is 5.91 Å². The fourth-order valence-electron chi connectivity index (χ4n) is 2.89. The van der Waals surface area contributed by atoms with Gasteiger partial charge in [-0.05, 0) is 42.3 Å². The predicted molar refractivity (Wildman–Crippen MR) is 117 cm³/mol. The first-order valence-electron chi connectivity index (χ1n) is 9.22. The van der Waals surface area contributed by atoms with Gasteiger partial charge in [-0.15, -0.1) is 0 Å². The molecule has 1 aliphatic heterocycles. The van der Waals surface area contributed by atoms with Gasteiger partial charge in [0.1, 0.15) is 22.4 Å². The summed E-state index contributed by atoms with van der Waals surface area (Å²) in [4.78, 5) is 25.3. The molecule has 158 valence electrons. The molecule has 7 nitrogen and oxygen atoms in total. The Balaban J connectivity index is 1.69. The van der Waals surface area contributed by atoms with E-state index in [-0.39, 0.29) is 12.3 Å². The van der Waals surface area contributed by atoms with Crippen LogP contribution in [0.15, 0.2) is 45.9 Å². The second kappa shape index (κ2) is 10.4. The van der Waals surface area contributed by atoms with E-state index < -0.39 is 5.97 Å². The summed E-state index contributed by atoms with van der Waals surface area (Å²) in [5.74, 6) is 0.322. The highest BCUT2D eigenvalue weighted by Gasteiger charge is 2.31. The molecule has 1 saturated heterocycles. The van der Waals surface area contributed by atoms with Crippen molar-refractivity contribution in [3.05, 3.63) is 58.4 Å². The highest BCUT2D eigenvalue weighted by molar-refractivity contribution is 8.26. The van der Waals surface area contributed by atoms with Crippen LogP contribution in [0.25, 0.3) is 6.08 Å². The fourth-order valence-corrected chi connectivity index (χ4v) is 4.20. The van der Waals surface area contributed by atoms with Crippen molar-refractivity contribution in [1.82, 2.24) is 4.90 Å². The number of amides is 1. The zero-order chi connectivity index (χ0) is 21.5. The minimum absolute atomic E-state index is 0.00402. The number of methoxy groups -OCH3 is 1. The number of hydrogen-bond donors (Lipinski definition) is 1. The molecule has 1 fully saturated rings. The normalized spacial score (nSPS) is 15.2. The Morgan fingerprint density at radius 1 is 1.33 bits per heavy atom. The van der Waals surface area contributed by atoms with Crippen molar-refractivity contribution in [3.63, 3.8) is 0 Å². The smallest absolute Gasteiger partial charge is 0.303 e. The van der Waals surface area contributed by atoms with Crippen LogP contribution < -0.4 is 4.74 Å². The van der Waals surface area contributed by atoms with Crippen molar-refractivity contribution in [2.75, 3.05) is 13.7 Å². The number of carbonyl (C=O) groups is 2. The number of nitrogens with zero attached hydrogens (tertiary/aromatic N) is 1. The van der Waals surface area contributed by atoms with Crippen LogP contribution in [-0.2, 0) is 27.5 Å². The number of carbonyl (C=O) groups excluding carboxylic acids is 1. The van der Waals surface area contributed by atoms with Gasteiger partial charge in [-0.1, -0.05) is 30.0 Å². The molecular weight excluding hydrogens is 426 g/mol. The van der Waals surface area contributed by atoms with E-state index in [0.717, 1.165) is 16.9 Å². The van der Waals surface area contributed by atoms with Crippen molar-refractivity contribution in [2.45, 2.75) is 26.1 Å². The van der Waals surface area contributed by atoms with Crippen molar-refractivity contribution in [2.24, 2.45) is 0 Å². The molecule has 2 heterocycles. The predicted octanol–water partition coefficient (Wildman–Crippen LogP) is 4.07. The minimum atomic E-state index is -0.893. The molecule has 0 unspecified atom stereocenters. The first-order valence-corrected chi connectivity index (χ1v) is 10.4. The van der Waals surface area contributed by atoms with Gasteiger partial charge in [0.2, 0.25) is 0 Å². The van der Waals surface area contributed by atoms with E-state index in [1.807, 2.05) is 24.3 Å². The number of thioether (sulfide) groups is 1. The minimum Gasteiger partial charge on any atom is -0.496 e. The van der Waals surface area contributed by atoms with Crippen LogP contribution in [0.3, 0.4) is 0 Å². The quantitative estimate of drug-likeness (QED) is 0.431. The average molecular weight is 448 g/mol. The molecule has 0 radical (unpaired) electrons. The molecule has 3 rings (SSSR count). The Bertz CT molecular complexity index is 954. The Hall–Kier alpha value is -2.62. The number of carboxylic acids is 1. The molecule has 0 aliphatic carbocycles. The number of carboxylic acid groups (broad SMARTS) is 1. The zero-order valence-electron chi connectivity index (χ0n) is 16.3. The molecule has 1 aromatic heterocycles. The Labute approximate surface area is 183 Å². The van der Waals surface area contributed by atoms with Gasteiger partial charge in [0.15, 0.2) is 0 Å². The average Bonchev–Trinajstić information content (AvgIpc) is 3.32. The topological polar surface area (TPSA) is 89.2 Å². The van der Waals surface area contributed by atoms with Gasteiger partial charge in [-0.2, -0.15) is 0 Å². The number of furan rings is 1. The van der Waals surface area contributed by atoms with Crippen LogP contribution in [-0.4, -0.2) is 39.9 Å². The fraction of sp³-hybridized carbons (Fsp3) is 0.286. The summed E-state index contributed by atoms with van der Waals surface area (Å²) in [6.45, 7) is 0.958. The lowest BCUT2D eigenvalue weighted by Crippen LogP contribution is -2.29. The van der Waals surface area contributed by atoms with Crippen LogP contribution in [0.5, 0.6) is 5.75 Å². The highest BCUT2D eigenvalue weighted by atomic mass is 32.2. The van der Waals surface area contributed by atoms with E-state index >= 15 is 0 Å². The molecule has 1 aliphatic rings. The molecule has 1 aromatic carbocycles. The first kappa shape index (κ1) is 22.1. The van der Waals surface area contributed by atoms with Crippen molar-refractivity contribution < 1.29 is 28.6 Å². The maximum Gasteiger partial charge on any atom is 0.303 e. The van der Waals surface area contributed by atoms with Crippen molar-refractivity contribution in [3.8, 4) is 5.75 Å². The second-order valence-corrected chi connectivity index (χ2v) is 8.15. The molecule has 1 N–H and O–H groups in total. The lowest BCUT2D eigenvalue weighted by molar-refractivity contribution is -0.137. The van der Waals surface area contributed by atoms with Crippen molar-refractivity contribution in [1.29, 1.82) is 0 Å². The van der Waals surface area contributed by atoms with Crippen LogP contribution in [0.2, 0.25) is 0 Å². The lowest BCUT2D eigenvalue weighted by Gasteiger charge is -2.13. The summed E-state index contributed by atoms with van der Waals surface area (Å²) in [5.41, 5.74) is 1.66. The molecule has 2 aromatic rings. The summed E-state index contributed by atoms with van der Waals surface area (Å²) >= 11 is 6.50. The van der Waals surface area contributed by atoms with Crippen LogP contribution in [0, 0.1) is 0 Å². The van der Waals surface area contributed by atoms with Crippen LogP contribution >= 0.6 is 24.0 Å². The second-order valence-electron chi connectivity index (χ2n) is 6.47. The van der Waals surface area contributed by atoms with Gasteiger partial charge < -0.3 is 19.0 Å².